The summed E-state index contributed by atoms with van der Waals surface area (Å²) in [5, 5.41) is 11.4. The van der Waals surface area contributed by atoms with E-state index >= 15 is 0 Å². The molecule has 0 bridgehead atoms. The van der Waals surface area contributed by atoms with E-state index in [4.69, 9.17) is 5.26 Å². The number of nitrogens with zero attached hydrogens (tertiary/aromatic N) is 4. The third kappa shape index (κ3) is 2.90. The summed E-state index contributed by atoms with van der Waals surface area (Å²) >= 11 is 0. The van der Waals surface area contributed by atoms with Gasteiger partial charge in [0.05, 0.1) is 11.1 Å². The lowest BCUT2D eigenvalue weighted by atomic mass is 10.2. The average molecular weight is 267 g/mol. The van der Waals surface area contributed by atoms with E-state index in [2.05, 4.69) is 15.3 Å². The molecular weight excluding hydrogens is 254 g/mol. The molecule has 2 heterocycles. The number of rotatable bonds is 3. The highest BCUT2D eigenvalue weighted by molar-refractivity contribution is 6.07. The summed E-state index contributed by atoms with van der Waals surface area (Å²) in [5.74, 6) is 0.681. The van der Waals surface area contributed by atoms with Crippen LogP contribution < -0.4 is 10.2 Å². The standard InChI is InChI=1S/C14H13N5O/c1-19(2)13-11(4-3-7-16-13)14(20)18-12-6-5-10(8-15)9-17-12/h3-7,9H,1-2H3,(H,17,18,20). The summed E-state index contributed by atoms with van der Waals surface area (Å²) in [6.07, 6.45) is 3.04. The summed E-state index contributed by atoms with van der Waals surface area (Å²) in [6.45, 7) is 0. The second-order valence-corrected chi connectivity index (χ2v) is 4.27. The Morgan fingerprint density at radius 1 is 1.30 bits per heavy atom. The fourth-order valence-corrected chi connectivity index (χ4v) is 1.65. The molecule has 0 radical (unpaired) electrons. The number of nitriles is 1. The maximum absolute atomic E-state index is 12.2. The second-order valence-electron chi connectivity index (χ2n) is 4.27. The number of anilines is 2. The lowest BCUT2D eigenvalue weighted by molar-refractivity contribution is 0.102. The molecule has 0 saturated heterocycles. The van der Waals surface area contributed by atoms with Crippen molar-refractivity contribution in [1.29, 1.82) is 5.26 Å². The smallest absolute Gasteiger partial charge is 0.260 e. The number of nitrogens with one attached hydrogen (secondary N) is 1. The van der Waals surface area contributed by atoms with Crippen molar-refractivity contribution in [3.8, 4) is 6.07 Å². The van der Waals surface area contributed by atoms with Gasteiger partial charge in [0.25, 0.3) is 5.91 Å². The van der Waals surface area contributed by atoms with Crippen LogP contribution in [-0.2, 0) is 0 Å². The van der Waals surface area contributed by atoms with Crippen molar-refractivity contribution < 1.29 is 4.79 Å². The molecule has 2 aromatic heterocycles. The minimum atomic E-state index is -0.293. The van der Waals surface area contributed by atoms with E-state index in [9.17, 15) is 4.79 Å². The number of carbonyl (C=O) groups is 1. The van der Waals surface area contributed by atoms with E-state index in [0.29, 0.717) is 22.8 Å². The Hall–Kier alpha value is -2.94. The Bertz CT molecular complexity index is 658. The highest BCUT2D eigenvalue weighted by atomic mass is 16.1. The van der Waals surface area contributed by atoms with Gasteiger partial charge in [-0.15, -0.1) is 0 Å². The van der Waals surface area contributed by atoms with E-state index < -0.39 is 0 Å². The molecule has 0 fully saturated rings. The van der Waals surface area contributed by atoms with Crippen LogP contribution >= 0.6 is 0 Å². The Balaban J connectivity index is 2.22. The number of hydrogen-bond acceptors (Lipinski definition) is 5. The number of carbonyl (C=O) groups excluding carboxylic acids is 1. The van der Waals surface area contributed by atoms with Gasteiger partial charge in [-0.1, -0.05) is 0 Å². The minimum absolute atomic E-state index is 0.293. The molecule has 2 rings (SSSR count). The van der Waals surface area contributed by atoms with Gasteiger partial charge in [-0.05, 0) is 24.3 Å². The zero-order valence-corrected chi connectivity index (χ0v) is 11.2. The van der Waals surface area contributed by atoms with E-state index in [1.54, 1.807) is 35.4 Å². The first-order chi connectivity index (χ1) is 9.61. The van der Waals surface area contributed by atoms with Crippen LogP contribution in [0.5, 0.6) is 0 Å². The normalized spacial score (nSPS) is 9.65. The molecule has 6 nitrogen and oxygen atoms in total. The van der Waals surface area contributed by atoms with Gasteiger partial charge in [-0.2, -0.15) is 5.26 Å². The average Bonchev–Trinajstić information content (AvgIpc) is 2.48. The van der Waals surface area contributed by atoms with Crippen LogP contribution in [0.15, 0.2) is 36.7 Å². The van der Waals surface area contributed by atoms with Gasteiger partial charge in [0.1, 0.15) is 17.7 Å². The monoisotopic (exact) mass is 267 g/mol. The van der Waals surface area contributed by atoms with Gasteiger partial charge in [0, 0.05) is 26.5 Å². The minimum Gasteiger partial charge on any atom is -0.362 e. The van der Waals surface area contributed by atoms with Crippen LogP contribution in [0.1, 0.15) is 15.9 Å². The first-order valence-corrected chi connectivity index (χ1v) is 5.91. The molecule has 0 aliphatic rings. The van der Waals surface area contributed by atoms with Gasteiger partial charge < -0.3 is 10.2 Å². The SMILES string of the molecule is CN(C)c1ncccc1C(=O)Nc1ccc(C#N)cn1. The largest absolute Gasteiger partial charge is 0.362 e. The summed E-state index contributed by atoms with van der Waals surface area (Å²) < 4.78 is 0. The molecule has 0 spiro atoms. The lowest BCUT2D eigenvalue weighted by Crippen LogP contribution is -2.20. The van der Waals surface area contributed by atoms with E-state index in [-0.39, 0.29) is 5.91 Å². The molecule has 0 aromatic carbocycles. The maximum atomic E-state index is 12.2. The van der Waals surface area contributed by atoms with Crippen LogP contribution in [0.25, 0.3) is 0 Å². The fraction of sp³-hybridized carbons (Fsp3) is 0.143. The predicted molar refractivity (Wildman–Crippen MR) is 75.5 cm³/mol. The van der Waals surface area contributed by atoms with Crippen molar-refractivity contribution >= 4 is 17.5 Å². The summed E-state index contributed by atoms with van der Waals surface area (Å²) in [7, 11) is 3.64. The second kappa shape index (κ2) is 5.80. The molecule has 1 N–H and O–H groups in total. The van der Waals surface area contributed by atoms with Crippen molar-refractivity contribution in [2.75, 3.05) is 24.3 Å². The molecule has 1 amide bonds. The quantitative estimate of drug-likeness (QED) is 0.914. The van der Waals surface area contributed by atoms with Crippen molar-refractivity contribution in [2.24, 2.45) is 0 Å². The molecule has 100 valence electrons. The van der Waals surface area contributed by atoms with Crippen molar-refractivity contribution in [3.05, 3.63) is 47.8 Å². The summed E-state index contributed by atoms with van der Waals surface area (Å²) in [6, 6.07) is 8.55. The van der Waals surface area contributed by atoms with E-state index in [1.165, 1.54) is 6.20 Å². The number of amides is 1. The highest BCUT2D eigenvalue weighted by Gasteiger charge is 2.14. The zero-order valence-electron chi connectivity index (χ0n) is 11.2. The Kier molecular flexibility index (Phi) is 3.91. The lowest BCUT2D eigenvalue weighted by Gasteiger charge is -2.15. The van der Waals surface area contributed by atoms with Crippen molar-refractivity contribution in [2.45, 2.75) is 0 Å². The molecule has 0 aliphatic heterocycles. The summed E-state index contributed by atoms with van der Waals surface area (Å²) in [5.41, 5.74) is 0.905. The molecule has 2 aromatic rings. The number of aromatic nitrogens is 2. The van der Waals surface area contributed by atoms with Gasteiger partial charge in [0.2, 0.25) is 0 Å². The molecule has 0 aliphatic carbocycles. The van der Waals surface area contributed by atoms with Gasteiger partial charge in [-0.3, -0.25) is 4.79 Å². The third-order valence-electron chi connectivity index (χ3n) is 2.59. The molecule has 6 heteroatoms. The molecule has 0 saturated carbocycles. The van der Waals surface area contributed by atoms with E-state index in [0.717, 1.165) is 0 Å². The molecular formula is C14H13N5O. The Morgan fingerprint density at radius 2 is 2.10 bits per heavy atom. The Labute approximate surface area is 116 Å². The van der Waals surface area contributed by atoms with Crippen LogP contribution in [0.3, 0.4) is 0 Å². The van der Waals surface area contributed by atoms with Gasteiger partial charge in [-0.25, -0.2) is 9.97 Å². The molecule has 20 heavy (non-hydrogen) atoms. The van der Waals surface area contributed by atoms with E-state index in [1.807, 2.05) is 20.2 Å². The van der Waals surface area contributed by atoms with Gasteiger partial charge >= 0.3 is 0 Å². The van der Waals surface area contributed by atoms with Crippen molar-refractivity contribution in [3.63, 3.8) is 0 Å². The first kappa shape index (κ1) is 13.5. The fourth-order valence-electron chi connectivity index (χ4n) is 1.65. The first-order valence-electron chi connectivity index (χ1n) is 5.91. The third-order valence-corrected chi connectivity index (χ3v) is 2.59. The number of pyridine rings is 2. The topological polar surface area (TPSA) is 81.9 Å². The van der Waals surface area contributed by atoms with Crippen molar-refractivity contribution in [1.82, 2.24) is 9.97 Å². The van der Waals surface area contributed by atoms with Crippen LogP contribution in [0.4, 0.5) is 11.6 Å². The van der Waals surface area contributed by atoms with Crippen LogP contribution in [0.2, 0.25) is 0 Å². The van der Waals surface area contributed by atoms with Gasteiger partial charge in [0.15, 0.2) is 0 Å². The Morgan fingerprint density at radius 3 is 2.70 bits per heavy atom. The zero-order chi connectivity index (χ0) is 14.5. The summed E-state index contributed by atoms with van der Waals surface area (Å²) in [4.78, 5) is 22.1. The molecule has 0 unspecified atom stereocenters. The van der Waals surface area contributed by atoms with Crippen LogP contribution in [-0.4, -0.2) is 30.0 Å². The number of hydrogen-bond donors (Lipinski definition) is 1. The maximum Gasteiger partial charge on any atom is 0.260 e. The van der Waals surface area contributed by atoms with Crippen LogP contribution in [0, 0.1) is 11.3 Å². The molecule has 0 atom stereocenters. The predicted octanol–water partition coefficient (Wildman–Crippen LogP) is 1.67. The highest BCUT2D eigenvalue weighted by Crippen LogP contribution is 2.16.